The van der Waals surface area contributed by atoms with E-state index in [-0.39, 0.29) is 50.0 Å². The van der Waals surface area contributed by atoms with E-state index < -0.39 is 46.6 Å². The van der Waals surface area contributed by atoms with Gasteiger partial charge in [-0.2, -0.15) is 26.3 Å². The lowest BCUT2D eigenvalue weighted by Gasteiger charge is -2.25. The minimum Gasteiger partial charge on any atom is -0.369 e. The minimum atomic E-state index is -4.84. The highest BCUT2D eigenvalue weighted by Crippen LogP contribution is 2.50. The number of halogens is 8. The Morgan fingerprint density at radius 1 is 1.00 bits per heavy atom. The normalized spacial score (nSPS) is 14.5. The summed E-state index contributed by atoms with van der Waals surface area (Å²) in [6.07, 6.45) is -9.49. The number of carbonyl (C=O) groups excluding carboxylic acids is 3. The summed E-state index contributed by atoms with van der Waals surface area (Å²) >= 11 is 12.4. The summed E-state index contributed by atoms with van der Waals surface area (Å²) in [5.74, 6) is -2.92. The molecule has 2 aromatic carbocycles. The van der Waals surface area contributed by atoms with Gasteiger partial charge in [-0.1, -0.05) is 34.5 Å². The van der Waals surface area contributed by atoms with E-state index in [1.54, 1.807) is 0 Å². The zero-order chi connectivity index (χ0) is 29.8. The smallest absolute Gasteiger partial charge is 0.369 e. The predicted octanol–water partition coefficient (Wildman–Crippen LogP) is 6.98. The molecule has 40 heavy (non-hydrogen) atoms. The number of nitrogens with one attached hydrogen (secondary N) is 1. The number of thiazole rings is 1. The summed E-state index contributed by atoms with van der Waals surface area (Å²) in [6, 6.07) is 4.61. The van der Waals surface area contributed by atoms with Crippen LogP contribution in [0, 0.1) is 12.3 Å². The summed E-state index contributed by atoms with van der Waals surface area (Å²) < 4.78 is 79.9. The Morgan fingerprint density at radius 2 is 1.62 bits per heavy atom. The lowest BCUT2D eigenvalue weighted by Crippen LogP contribution is -2.41. The van der Waals surface area contributed by atoms with Crippen molar-refractivity contribution in [1.82, 2.24) is 4.98 Å². The van der Waals surface area contributed by atoms with Crippen LogP contribution >= 0.6 is 34.5 Å². The van der Waals surface area contributed by atoms with E-state index in [2.05, 4.69) is 10.3 Å². The lowest BCUT2D eigenvalue weighted by molar-refractivity contribution is -0.138. The molecule has 0 atom stereocenters. The molecule has 0 radical (unpaired) electrons. The predicted molar refractivity (Wildman–Crippen MR) is 136 cm³/mol. The molecule has 212 valence electrons. The van der Waals surface area contributed by atoms with Gasteiger partial charge in [-0.25, -0.2) is 4.98 Å². The van der Waals surface area contributed by atoms with E-state index in [9.17, 15) is 40.7 Å². The Morgan fingerprint density at radius 3 is 2.17 bits per heavy atom. The highest BCUT2D eigenvalue weighted by molar-refractivity contribution is 7.18. The molecule has 3 N–H and O–H groups in total. The van der Waals surface area contributed by atoms with Crippen molar-refractivity contribution in [1.29, 1.82) is 0 Å². The topological polar surface area (TPSA) is 105 Å². The van der Waals surface area contributed by atoms with Gasteiger partial charge in [-0.05, 0) is 56.2 Å². The molecule has 1 fully saturated rings. The number of hydrogen-bond donors (Lipinski definition) is 2. The van der Waals surface area contributed by atoms with Crippen molar-refractivity contribution in [2.45, 2.75) is 32.1 Å². The number of alkyl halides is 6. The van der Waals surface area contributed by atoms with Crippen LogP contribution < -0.4 is 16.0 Å². The molecule has 0 unspecified atom stereocenters. The van der Waals surface area contributed by atoms with Gasteiger partial charge >= 0.3 is 12.4 Å². The molecule has 4 rings (SSSR count). The summed E-state index contributed by atoms with van der Waals surface area (Å²) in [6.45, 7) is 1.34. The van der Waals surface area contributed by atoms with Crippen LogP contribution in [0.1, 0.15) is 39.3 Å². The van der Waals surface area contributed by atoms with Gasteiger partial charge in [0, 0.05) is 5.02 Å². The molecule has 1 heterocycles. The van der Waals surface area contributed by atoms with Crippen molar-refractivity contribution in [3.63, 3.8) is 0 Å². The van der Waals surface area contributed by atoms with Crippen LogP contribution in [0.2, 0.25) is 10.0 Å². The average molecular weight is 625 g/mol. The SMILES string of the molecule is Cc1nc(N(C(=O)C2(C(N)=O)CC2)c2cc(Cl)cc(C(F)(F)F)c2)sc1C(=O)Nc1cc(C(F)(F)F)ccc1Cl. The summed E-state index contributed by atoms with van der Waals surface area (Å²) in [7, 11) is 0. The van der Waals surface area contributed by atoms with E-state index in [0.717, 1.165) is 23.1 Å². The third-order valence-electron chi connectivity index (χ3n) is 6.03. The summed E-state index contributed by atoms with van der Waals surface area (Å²) in [4.78, 5) is 43.3. The molecule has 1 aliphatic rings. The van der Waals surface area contributed by atoms with E-state index in [0.29, 0.717) is 29.5 Å². The highest BCUT2D eigenvalue weighted by Gasteiger charge is 2.58. The van der Waals surface area contributed by atoms with Crippen LogP contribution in [0.4, 0.5) is 42.8 Å². The van der Waals surface area contributed by atoms with Crippen LogP contribution in [0.15, 0.2) is 36.4 Å². The van der Waals surface area contributed by atoms with E-state index in [4.69, 9.17) is 28.9 Å². The second-order valence-electron chi connectivity index (χ2n) is 8.84. The van der Waals surface area contributed by atoms with Crippen molar-refractivity contribution >= 4 is 68.8 Å². The van der Waals surface area contributed by atoms with Crippen molar-refractivity contribution in [2.75, 3.05) is 10.2 Å². The maximum Gasteiger partial charge on any atom is 0.416 e. The number of nitrogens with zero attached hydrogens (tertiary/aromatic N) is 2. The van der Waals surface area contributed by atoms with Crippen molar-refractivity contribution in [3.8, 4) is 0 Å². The van der Waals surface area contributed by atoms with Crippen LogP contribution in [0.3, 0.4) is 0 Å². The Hall–Kier alpha value is -3.36. The first-order valence-electron chi connectivity index (χ1n) is 11.1. The minimum absolute atomic E-state index is 0.0135. The molecule has 16 heteroatoms. The molecule has 3 amide bonds. The Labute approximate surface area is 235 Å². The van der Waals surface area contributed by atoms with Crippen molar-refractivity contribution in [3.05, 3.63) is 68.1 Å². The number of anilines is 3. The molecular formula is C24H16Cl2F6N4O3S. The first kappa shape index (κ1) is 29.6. The molecule has 0 saturated heterocycles. The van der Waals surface area contributed by atoms with E-state index >= 15 is 0 Å². The van der Waals surface area contributed by atoms with Gasteiger partial charge in [0.15, 0.2) is 5.13 Å². The van der Waals surface area contributed by atoms with E-state index in [1.807, 2.05) is 0 Å². The largest absolute Gasteiger partial charge is 0.416 e. The fourth-order valence-corrected chi connectivity index (χ4v) is 5.13. The number of aryl methyl sites for hydroxylation is 1. The van der Waals surface area contributed by atoms with Gasteiger partial charge in [-0.15, -0.1) is 0 Å². The Kier molecular flexibility index (Phi) is 7.58. The van der Waals surface area contributed by atoms with Gasteiger partial charge < -0.3 is 11.1 Å². The first-order chi connectivity index (χ1) is 18.4. The molecule has 1 saturated carbocycles. The lowest BCUT2D eigenvalue weighted by atomic mass is 10.0. The summed E-state index contributed by atoms with van der Waals surface area (Å²) in [5, 5.41) is 1.38. The number of primary amides is 1. The maximum absolute atomic E-state index is 13.5. The molecule has 3 aromatic rings. The van der Waals surface area contributed by atoms with Gasteiger partial charge in [0.2, 0.25) is 11.8 Å². The van der Waals surface area contributed by atoms with Crippen molar-refractivity contribution in [2.24, 2.45) is 11.1 Å². The second kappa shape index (κ2) is 10.2. The van der Waals surface area contributed by atoms with Crippen molar-refractivity contribution < 1.29 is 40.7 Å². The standard InChI is InChI=1S/C24H16Cl2F6N4O3S/c1-10-17(18(37)35-16-8-11(23(27,28)29)2-3-15(16)26)40-21(34-10)36(20(39)22(4-5-22)19(33)38)14-7-12(24(30,31)32)6-13(25)9-14/h2-3,6-9H,4-5H2,1H3,(H2,33,38)(H,35,37). The molecular weight excluding hydrogens is 609 g/mol. The van der Waals surface area contributed by atoms with Crippen LogP contribution in [0.5, 0.6) is 0 Å². The fourth-order valence-electron chi connectivity index (χ4n) is 3.75. The maximum atomic E-state index is 13.5. The number of carbonyl (C=O) groups is 3. The quantitative estimate of drug-likeness (QED) is 0.228. The third kappa shape index (κ3) is 5.74. The zero-order valence-corrected chi connectivity index (χ0v) is 22.3. The number of hydrogen-bond acceptors (Lipinski definition) is 5. The zero-order valence-electron chi connectivity index (χ0n) is 20.0. The molecule has 0 aliphatic heterocycles. The Balaban J connectivity index is 1.78. The monoisotopic (exact) mass is 624 g/mol. The van der Waals surface area contributed by atoms with Crippen LogP contribution in [0.25, 0.3) is 0 Å². The number of benzene rings is 2. The summed E-state index contributed by atoms with van der Waals surface area (Å²) in [5.41, 5.74) is 0.683. The average Bonchev–Trinajstić information content (AvgIpc) is 3.56. The molecule has 7 nitrogen and oxygen atoms in total. The molecule has 1 aliphatic carbocycles. The fraction of sp³-hybridized carbons (Fsp3) is 0.250. The number of amides is 3. The molecule has 0 bridgehead atoms. The van der Waals surface area contributed by atoms with Gasteiger partial charge in [0.1, 0.15) is 10.3 Å². The third-order valence-corrected chi connectivity index (χ3v) is 7.72. The molecule has 0 spiro atoms. The first-order valence-corrected chi connectivity index (χ1v) is 12.7. The second-order valence-corrected chi connectivity index (χ2v) is 10.7. The van der Waals surface area contributed by atoms with Crippen LogP contribution in [-0.2, 0) is 21.9 Å². The highest BCUT2D eigenvalue weighted by atomic mass is 35.5. The van der Waals surface area contributed by atoms with Crippen LogP contribution in [-0.4, -0.2) is 22.7 Å². The number of aromatic nitrogens is 1. The van der Waals surface area contributed by atoms with Gasteiger partial charge in [0.25, 0.3) is 5.91 Å². The number of nitrogens with two attached hydrogens (primary N) is 1. The van der Waals surface area contributed by atoms with E-state index in [1.165, 1.54) is 6.92 Å². The number of rotatable bonds is 6. The van der Waals surface area contributed by atoms with Gasteiger partial charge in [0.05, 0.1) is 33.2 Å². The Bertz CT molecular complexity index is 1540. The van der Waals surface area contributed by atoms with Gasteiger partial charge in [-0.3, -0.25) is 19.3 Å². The molecule has 1 aromatic heterocycles.